The summed E-state index contributed by atoms with van der Waals surface area (Å²) in [6.07, 6.45) is -1.33. The Bertz CT molecular complexity index is 806. The van der Waals surface area contributed by atoms with Gasteiger partial charge >= 0.3 is 5.97 Å². The number of rotatable bonds is 9. The molecule has 0 radical (unpaired) electrons. The van der Waals surface area contributed by atoms with Crippen molar-refractivity contribution >= 4 is 35.1 Å². The Balaban J connectivity index is 2.14. The van der Waals surface area contributed by atoms with Crippen LogP contribution in [0.2, 0.25) is 10.0 Å². The lowest BCUT2D eigenvalue weighted by atomic mass is 9.98. The molecule has 0 bridgehead atoms. The van der Waals surface area contributed by atoms with Crippen LogP contribution in [-0.2, 0) is 20.7 Å². The number of carboxylic acids is 1. The van der Waals surface area contributed by atoms with E-state index in [1.165, 1.54) is 7.11 Å². The van der Waals surface area contributed by atoms with E-state index >= 15 is 0 Å². The molecule has 2 aromatic rings. The molecule has 0 fully saturated rings. The third kappa shape index (κ3) is 6.80. The minimum absolute atomic E-state index is 0.115. The zero-order chi connectivity index (χ0) is 20.7. The molecule has 1 amide bonds. The quantitative estimate of drug-likeness (QED) is 0.573. The van der Waals surface area contributed by atoms with E-state index in [2.05, 4.69) is 5.32 Å². The van der Waals surface area contributed by atoms with Crippen LogP contribution in [0, 0.1) is 0 Å². The number of carboxylic acid groups (broad SMARTS) is 1. The number of halogens is 2. The maximum atomic E-state index is 11.8. The van der Waals surface area contributed by atoms with Crippen LogP contribution in [0.3, 0.4) is 0 Å². The Labute approximate surface area is 173 Å². The predicted molar refractivity (Wildman–Crippen MR) is 108 cm³/mol. The van der Waals surface area contributed by atoms with Gasteiger partial charge in [-0.3, -0.25) is 4.79 Å². The standard InChI is InChI=1S/C20H21Cl2NO5/c1-28-11-19(25)23-17(10-18(24)20(26)27)6-12-2-4-13(5-3-12)14-7-15(21)9-16(22)8-14/h2-5,7-9,17-18,24H,6,10-11H2,1H3,(H,23,25)(H,26,27)/t17-,18-/m1/s1. The molecule has 150 valence electrons. The second-order valence-electron chi connectivity index (χ2n) is 6.35. The second kappa shape index (κ2) is 10.4. The minimum Gasteiger partial charge on any atom is -0.479 e. The fourth-order valence-corrected chi connectivity index (χ4v) is 3.33. The first-order valence-electron chi connectivity index (χ1n) is 8.53. The van der Waals surface area contributed by atoms with Crippen molar-refractivity contribution in [1.82, 2.24) is 5.32 Å². The lowest BCUT2D eigenvalue weighted by molar-refractivity contribution is -0.147. The van der Waals surface area contributed by atoms with E-state index in [4.69, 9.17) is 33.0 Å². The van der Waals surface area contributed by atoms with E-state index in [1.807, 2.05) is 24.3 Å². The lowest BCUT2D eigenvalue weighted by Gasteiger charge is -2.20. The highest BCUT2D eigenvalue weighted by Gasteiger charge is 2.22. The highest BCUT2D eigenvalue weighted by molar-refractivity contribution is 6.35. The third-order valence-corrected chi connectivity index (χ3v) is 4.50. The molecular formula is C20H21Cl2NO5. The van der Waals surface area contributed by atoms with Gasteiger partial charge in [-0.1, -0.05) is 47.5 Å². The first kappa shape index (κ1) is 22.2. The van der Waals surface area contributed by atoms with Crippen molar-refractivity contribution in [1.29, 1.82) is 0 Å². The maximum Gasteiger partial charge on any atom is 0.332 e. The summed E-state index contributed by atoms with van der Waals surface area (Å²) >= 11 is 12.1. The van der Waals surface area contributed by atoms with Crippen LogP contribution in [0.25, 0.3) is 11.1 Å². The maximum absolute atomic E-state index is 11.8. The highest BCUT2D eigenvalue weighted by Crippen LogP contribution is 2.27. The number of aliphatic carboxylic acids is 1. The molecule has 0 aliphatic rings. The normalized spacial score (nSPS) is 13.0. The van der Waals surface area contributed by atoms with Gasteiger partial charge in [0, 0.05) is 29.6 Å². The van der Waals surface area contributed by atoms with Crippen LogP contribution < -0.4 is 5.32 Å². The SMILES string of the molecule is COCC(=O)N[C@H](Cc1ccc(-c2cc(Cl)cc(Cl)c2)cc1)C[C@@H](O)C(=O)O. The van der Waals surface area contributed by atoms with Crippen molar-refractivity contribution < 1.29 is 24.5 Å². The van der Waals surface area contributed by atoms with Crippen LogP contribution in [0.15, 0.2) is 42.5 Å². The Kier molecular flexibility index (Phi) is 8.26. The van der Waals surface area contributed by atoms with Crippen molar-refractivity contribution in [2.45, 2.75) is 25.0 Å². The summed E-state index contributed by atoms with van der Waals surface area (Å²) in [6, 6.07) is 12.2. The van der Waals surface area contributed by atoms with Crippen molar-refractivity contribution in [3.63, 3.8) is 0 Å². The molecular weight excluding hydrogens is 405 g/mol. The Morgan fingerprint density at radius 1 is 1.07 bits per heavy atom. The smallest absolute Gasteiger partial charge is 0.332 e. The summed E-state index contributed by atoms with van der Waals surface area (Å²) in [5, 5.41) is 22.4. The van der Waals surface area contributed by atoms with Gasteiger partial charge in [0.1, 0.15) is 6.61 Å². The molecule has 6 nitrogen and oxygen atoms in total. The van der Waals surface area contributed by atoms with Crippen LogP contribution in [0.1, 0.15) is 12.0 Å². The van der Waals surface area contributed by atoms with Gasteiger partial charge in [0.05, 0.1) is 0 Å². The number of hydrogen-bond donors (Lipinski definition) is 3. The van der Waals surface area contributed by atoms with Gasteiger partial charge in [-0.25, -0.2) is 4.79 Å². The zero-order valence-corrected chi connectivity index (χ0v) is 16.7. The number of carbonyl (C=O) groups excluding carboxylic acids is 1. The minimum atomic E-state index is -1.57. The van der Waals surface area contributed by atoms with Crippen LogP contribution >= 0.6 is 23.2 Å². The summed E-state index contributed by atoms with van der Waals surface area (Å²) in [4.78, 5) is 22.8. The van der Waals surface area contributed by atoms with E-state index in [0.717, 1.165) is 16.7 Å². The third-order valence-electron chi connectivity index (χ3n) is 4.07. The Morgan fingerprint density at radius 2 is 1.68 bits per heavy atom. The monoisotopic (exact) mass is 425 g/mol. The molecule has 28 heavy (non-hydrogen) atoms. The molecule has 3 N–H and O–H groups in total. The molecule has 0 aliphatic carbocycles. The topological polar surface area (TPSA) is 95.9 Å². The average Bonchev–Trinajstić information content (AvgIpc) is 2.61. The average molecular weight is 426 g/mol. The first-order chi connectivity index (χ1) is 13.3. The highest BCUT2D eigenvalue weighted by atomic mass is 35.5. The van der Waals surface area contributed by atoms with E-state index < -0.39 is 18.1 Å². The number of carbonyl (C=O) groups is 2. The number of benzene rings is 2. The molecule has 2 rings (SSSR count). The van der Waals surface area contributed by atoms with Gasteiger partial charge in [-0.2, -0.15) is 0 Å². The van der Waals surface area contributed by atoms with Crippen LogP contribution in [0.5, 0.6) is 0 Å². The largest absolute Gasteiger partial charge is 0.479 e. The summed E-state index contributed by atoms with van der Waals surface area (Å²) in [5.41, 5.74) is 2.66. The molecule has 0 heterocycles. The number of amides is 1. The van der Waals surface area contributed by atoms with Gasteiger partial charge in [-0.05, 0) is 41.3 Å². The molecule has 0 saturated heterocycles. The fraction of sp³-hybridized carbons (Fsp3) is 0.300. The summed E-state index contributed by atoms with van der Waals surface area (Å²) < 4.78 is 4.78. The van der Waals surface area contributed by atoms with Crippen molar-refractivity contribution in [3.8, 4) is 11.1 Å². The van der Waals surface area contributed by atoms with E-state index in [1.54, 1.807) is 18.2 Å². The molecule has 2 aromatic carbocycles. The van der Waals surface area contributed by atoms with E-state index in [0.29, 0.717) is 16.5 Å². The summed E-state index contributed by atoms with van der Waals surface area (Å²) in [6.45, 7) is -0.145. The van der Waals surface area contributed by atoms with Crippen molar-refractivity contribution in [3.05, 3.63) is 58.1 Å². The Hall–Kier alpha value is -2.12. The molecule has 8 heteroatoms. The molecule has 0 spiro atoms. The molecule has 0 unspecified atom stereocenters. The zero-order valence-electron chi connectivity index (χ0n) is 15.2. The van der Waals surface area contributed by atoms with Crippen LogP contribution in [-0.4, -0.2) is 48.0 Å². The number of aliphatic hydroxyl groups excluding tert-OH is 1. The second-order valence-corrected chi connectivity index (χ2v) is 7.22. The molecule has 2 atom stereocenters. The first-order valence-corrected chi connectivity index (χ1v) is 9.28. The van der Waals surface area contributed by atoms with E-state index in [-0.39, 0.29) is 18.9 Å². The van der Waals surface area contributed by atoms with Gasteiger partial charge < -0.3 is 20.3 Å². The fourth-order valence-electron chi connectivity index (χ4n) is 2.80. The van der Waals surface area contributed by atoms with Crippen LogP contribution in [0.4, 0.5) is 0 Å². The molecule has 0 aromatic heterocycles. The predicted octanol–water partition coefficient (Wildman–Crippen LogP) is 3.17. The summed E-state index contributed by atoms with van der Waals surface area (Å²) in [7, 11) is 1.39. The number of nitrogens with one attached hydrogen (secondary N) is 1. The van der Waals surface area contributed by atoms with Gasteiger partial charge in [0.15, 0.2) is 6.10 Å². The number of hydrogen-bond acceptors (Lipinski definition) is 4. The number of aliphatic hydroxyl groups is 1. The van der Waals surface area contributed by atoms with Crippen molar-refractivity contribution in [2.24, 2.45) is 0 Å². The number of methoxy groups -OCH3 is 1. The van der Waals surface area contributed by atoms with Crippen molar-refractivity contribution in [2.75, 3.05) is 13.7 Å². The van der Waals surface area contributed by atoms with Gasteiger partial charge in [0.2, 0.25) is 5.91 Å². The lowest BCUT2D eigenvalue weighted by Crippen LogP contribution is -2.42. The summed E-state index contributed by atoms with van der Waals surface area (Å²) in [5.74, 6) is -1.71. The Morgan fingerprint density at radius 3 is 2.21 bits per heavy atom. The number of ether oxygens (including phenoxy) is 1. The van der Waals surface area contributed by atoms with Gasteiger partial charge in [-0.15, -0.1) is 0 Å². The molecule has 0 saturated carbocycles. The van der Waals surface area contributed by atoms with Gasteiger partial charge in [0.25, 0.3) is 0 Å². The molecule has 0 aliphatic heterocycles. The van der Waals surface area contributed by atoms with E-state index in [9.17, 15) is 14.7 Å².